The van der Waals surface area contributed by atoms with Gasteiger partial charge in [-0.25, -0.2) is 8.42 Å². The highest BCUT2D eigenvalue weighted by atomic mass is 79.9. The molecular weight excluding hydrogens is 428 g/mol. The van der Waals surface area contributed by atoms with E-state index in [1.165, 1.54) is 19.1 Å². The molecule has 2 aromatic carbocycles. The fourth-order valence-corrected chi connectivity index (χ4v) is 5.42. The zero-order valence-corrected chi connectivity index (χ0v) is 16.7. The van der Waals surface area contributed by atoms with Gasteiger partial charge in [0.15, 0.2) is 0 Å². The largest absolute Gasteiger partial charge is 0.309 e. The molecule has 1 N–H and O–H groups in total. The average Bonchev–Trinajstić information content (AvgIpc) is 2.80. The summed E-state index contributed by atoms with van der Waals surface area (Å²) in [6.45, 7) is 3.42. The van der Waals surface area contributed by atoms with Gasteiger partial charge in [-0.1, -0.05) is 17.7 Å². The molecule has 1 aliphatic heterocycles. The van der Waals surface area contributed by atoms with E-state index in [0.29, 0.717) is 27.3 Å². The summed E-state index contributed by atoms with van der Waals surface area (Å²) in [5.74, 6) is -0.111. The van der Waals surface area contributed by atoms with E-state index in [1.54, 1.807) is 29.2 Å². The van der Waals surface area contributed by atoms with Crippen LogP contribution in [0.2, 0.25) is 5.02 Å². The Morgan fingerprint density at radius 1 is 1.32 bits per heavy atom. The number of nitrogens with one attached hydrogen (secondary N) is 1. The van der Waals surface area contributed by atoms with Gasteiger partial charge < -0.3 is 4.90 Å². The van der Waals surface area contributed by atoms with Crippen LogP contribution >= 0.6 is 27.5 Å². The number of hydrogen-bond donors (Lipinski definition) is 1. The molecular formula is C17H16BrClN2O3S. The van der Waals surface area contributed by atoms with Gasteiger partial charge in [0, 0.05) is 28.1 Å². The van der Waals surface area contributed by atoms with Crippen LogP contribution in [0.5, 0.6) is 0 Å². The number of fused-ring (bicyclic) bond motifs is 1. The average molecular weight is 444 g/mol. The molecule has 1 amide bonds. The Morgan fingerprint density at radius 3 is 2.68 bits per heavy atom. The van der Waals surface area contributed by atoms with Crippen LogP contribution in [-0.4, -0.2) is 20.4 Å². The summed E-state index contributed by atoms with van der Waals surface area (Å²) < 4.78 is 28.6. The summed E-state index contributed by atoms with van der Waals surface area (Å²) in [6, 6.07) is 9.78. The quantitative estimate of drug-likeness (QED) is 0.773. The fourth-order valence-electron chi connectivity index (χ4n) is 3.07. The van der Waals surface area contributed by atoms with Crippen molar-refractivity contribution >= 4 is 54.8 Å². The number of carbonyl (C=O) groups is 1. The molecule has 0 bridgehead atoms. The molecule has 0 radical (unpaired) electrons. The Bertz CT molecular complexity index is 962. The summed E-state index contributed by atoms with van der Waals surface area (Å²) in [5.41, 5.74) is 1.95. The summed E-state index contributed by atoms with van der Waals surface area (Å²) >= 11 is 9.25. The number of anilines is 2. The van der Waals surface area contributed by atoms with Crippen molar-refractivity contribution in [1.29, 1.82) is 0 Å². The van der Waals surface area contributed by atoms with Crippen molar-refractivity contribution in [3.8, 4) is 0 Å². The van der Waals surface area contributed by atoms with Gasteiger partial charge in [0.2, 0.25) is 5.91 Å². The highest BCUT2D eigenvalue weighted by Gasteiger charge is 2.32. The molecule has 1 atom stereocenters. The van der Waals surface area contributed by atoms with Crippen LogP contribution < -0.4 is 9.62 Å². The lowest BCUT2D eigenvalue weighted by molar-refractivity contribution is -0.116. The minimum atomic E-state index is -3.84. The molecule has 0 saturated heterocycles. The molecule has 0 spiro atoms. The van der Waals surface area contributed by atoms with Crippen LogP contribution in [0, 0.1) is 0 Å². The number of sulfonamides is 1. The Hall–Kier alpha value is -1.57. The first-order chi connectivity index (χ1) is 11.7. The Kier molecular flexibility index (Phi) is 4.83. The summed E-state index contributed by atoms with van der Waals surface area (Å²) in [6.07, 6.45) is 0.690. The predicted molar refractivity (Wildman–Crippen MR) is 103 cm³/mol. The lowest BCUT2D eigenvalue weighted by atomic mass is 10.1. The maximum absolute atomic E-state index is 12.8. The molecule has 5 nitrogen and oxygen atoms in total. The van der Waals surface area contributed by atoms with Crippen LogP contribution in [0.25, 0.3) is 0 Å². The minimum Gasteiger partial charge on any atom is -0.309 e. The molecule has 0 fully saturated rings. The van der Waals surface area contributed by atoms with E-state index in [4.69, 9.17) is 11.6 Å². The molecule has 3 rings (SSSR count). The van der Waals surface area contributed by atoms with Crippen molar-refractivity contribution in [2.75, 3.05) is 9.62 Å². The van der Waals surface area contributed by atoms with Gasteiger partial charge in [-0.15, -0.1) is 0 Å². The Balaban J connectivity index is 2.04. The SMILES string of the molecule is CC(=O)N1c2cc(S(=O)(=O)Nc3cccc(Cl)c3)c(Br)cc2C[C@@H]1C. The van der Waals surface area contributed by atoms with E-state index in [2.05, 4.69) is 20.7 Å². The Labute approximate surface area is 160 Å². The first-order valence-corrected chi connectivity index (χ1v) is 10.2. The summed E-state index contributed by atoms with van der Waals surface area (Å²) in [4.78, 5) is 13.6. The molecule has 132 valence electrons. The third-order valence-corrected chi connectivity index (χ3v) is 6.63. The van der Waals surface area contributed by atoms with Gasteiger partial charge in [0.05, 0.1) is 5.69 Å². The van der Waals surface area contributed by atoms with E-state index in [0.717, 1.165) is 5.56 Å². The molecule has 1 heterocycles. The van der Waals surface area contributed by atoms with Crippen molar-refractivity contribution in [2.45, 2.75) is 31.2 Å². The molecule has 0 aromatic heterocycles. The number of amides is 1. The standard InChI is InChI=1S/C17H16BrClN2O3S/c1-10-6-12-7-15(18)17(9-16(12)21(10)11(2)22)25(23,24)20-14-5-3-4-13(19)8-14/h3-5,7-10,20H,6H2,1-2H3/t10-/m0/s1. The fraction of sp³-hybridized carbons (Fsp3) is 0.235. The number of benzene rings is 2. The van der Waals surface area contributed by atoms with Gasteiger partial charge in [-0.05, 0) is 65.2 Å². The molecule has 1 aliphatic rings. The highest BCUT2D eigenvalue weighted by Crippen LogP contribution is 2.38. The van der Waals surface area contributed by atoms with Crippen molar-refractivity contribution in [3.63, 3.8) is 0 Å². The van der Waals surface area contributed by atoms with Gasteiger partial charge in [-0.3, -0.25) is 9.52 Å². The van der Waals surface area contributed by atoms with Crippen molar-refractivity contribution in [3.05, 3.63) is 51.5 Å². The second-order valence-corrected chi connectivity index (χ2v) is 8.91. The minimum absolute atomic E-state index is 0.00163. The first-order valence-electron chi connectivity index (χ1n) is 7.59. The normalized spacial score (nSPS) is 16.6. The zero-order valence-electron chi connectivity index (χ0n) is 13.6. The first kappa shape index (κ1) is 18.2. The lowest BCUT2D eigenvalue weighted by Crippen LogP contribution is -2.33. The van der Waals surface area contributed by atoms with E-state index >= 15 is 0 Å². The second kappa shape index (κ2) is 6.63. The molecule has 0 saturated carbocycles. The Morgan fingerprint density at radius 2 is 2.04 bits per heavy atom. The van der Waals surface area contributed by atoms with E-state index in [9.17, 15) is 13.2 Å². The van der Waals surface area contributed by atoms with E-state index < -0.39 is 10.0 Å². The third-order valence-electron chi connectivity index (χ3n) is 4.05. The molecule has 0 aliphatic carbocycles. The number of hydrogen-bond acceptors (Lipinski definition) is 3. The van der Waals surface area contributed by atoms with Crippen molar-refractivity contribution in [1.82, 2.24) is 0 Å². The van der Waals surface area contributed by atoms with Crippen LogP contribution in [0.1, 0.15) is 19.4 Å². The van der Waals surface area contributed by atoms with Gasteiger partial charge >= 0.3 is 0 Å². The van der Waals surface area contributed by atoms with Crippen LogP contribution in [0.15, 0.2) is 45.8 Å². The number of carbonyl (C=O) groups excluding carboxylic acids is 1. The number of nitrogens with zero attached hydrogens (tertiary/aromatic N) is 1. The van der Waals surface area contributed by atoms with E-state index in [-0.39, 0.29) is 16.8 Å². The second-order valence-electron chi connectivity index (χ2n) is 5.97. The third kappa shape index (κ3) is 3.54. The lowest BCUT2D eigenvalue weighted by Gasteiger charge is -2.21. The van der Waals surface area contributed by atoms with Gasteiger partial charge in [0.25, 0.3) is 10.0 Å². The summed E-state index contributed by atoms with van der Waals surface area (Å²) in [5, 5.41) is 0.435. The monoisotopic (exact) mass is 442 g/mol. The molecule has 25 heavy (non-hydrogen) atoms. The maximum atomic E-state index is 12.8. The number of halogens is 2. The maximum Gasteiger partial charge on any atom is 0.263 e. The predicted octanol–water partition coefficient (Wildman–Crippen LogP) is 4.20. The smallest absolute Gasteiger partial charge is 0.263 e. The highest BCUT2D eigenvalue weighted by molar-refractivity contribution is 9.10. The molecule has 8 heteroatoms. The van der Waals surface area contributed by atoms with Crippen LogP contribution in [0.3, 0.4) is 0 Å². The molecule has 2 aromatic rings. The van der Waals surface area contributed by atoms with Crippen LogP contribution in [0.4, 0.5) is 11.4 Å². The van der Waals surface area contributed by atoms with Gasteiger partial charge in [-0.2, -0.15) is 0 Å². The number of rotatable bonds is 3. The zero-order chi connectivity index (χ0) is 18.4. The van der Waals surface area contributed by atoms with Crippen molar-refractivity contribution in [2.24, 2.45) is 0 Å². The van der Waals surface area contributed by atoms with Crippen LogP contribution in [-0.2, 0) is 21.2 Å². The summed E-state index contributed by atoms with van der Waals surface area (Å²) in [7, 11) is -3.84. The van der Waals surface area contributed by atoms with E-state index in [1.807, 2.05) is 6.92 Å². The molecule has 0 unspecified atom stereocenters. The van der Waals surface area contributed by atoms with Crippen molar-refractivity contribution < 1.29 is 13.2 Å². The van der Waals surface area contributed by atoms with Gasteiger partial charge in [0.1, 0.15) is 4.90 Å². The topological polar surface area (TPSA) is 66.5 Å².